The number of anilines is 1. The van der Waals surface area contributed by atoms with Crippen LogP contribution in [0.2, 0.25) is 0 Å². The normalized spacial score (nSPS) is 16.0. The maximum atomic E-state index is 4.49. The molecule has 2 nitrogen and oxygen atoms in total. The van der Waals surface area contributed by atoms with E-state index in [9.17, 15) is 0 Å². The highest BCUT2D eigenvalue weighted by atomic mass is 15.0. The summed E-state index contributed by atoms with van der Waals surface area (Å²) in [7, 11) is 0. The minimum absolute atomic E-state index is 0.979. The second-order valence-corrected chi connectivity index (χ2v) is 4.29. The summed E-state index contributed by atoms with van der Waals surface area (Å²) < 4.78 is 0. The Bertz CT molecular complexity index is 360. The lowest BCUT2D eigenvalue weighted by atomic mass is 10.1. The monoisotopic (exact) mass is 202 g/mol. The summed E-state index contributed by atoms with van der Waals surface area (Å²) in [5.74, 6) is 1.14. The Morgan fingerprint density at radius 1 is 1.07 bits per heavy atom. The van der Waals surface area contributed by atoms with Crippen molar-refractivity contribution in [2.75, 3.05) is 11.9 Å². The summed E-state index contributed by atoms with van der Waals surface area (Å²) in [5, 5.41) is 3.41. The van der Waals surface area contributed by atoms with E-state index < -0.39 is 0 Å². The molecule has 0 spiro atoms. The zero-order valence-electron chi connectivity index (χ0n) is 9.51. The van der Waals surface area contributed by atoms with Crippen LogP contribution in [0.4, 0.5) is 5.69 Å². The van der Waals surface area contributed by atoms with E-state index in [4.69, 9.17) is 0 Å². The largest absolute Gasteiger partial charge is 0.344 e. The van der Waals surface area contributed by atoms with E-state index in [1.807, 2.05) is 0 Å². The fourth-order valence-corrected chi connectivity index (χ4v) is 2.01. The number of nitrogens with zero attached hydrogens (tertiary/aromatic N) is 1. The van der Waals surface area contributed by atoms with Crippen molar-refractivity contribution in [1.29, 1.82) is 0 Å². The van der Waals surface area contributed by atoms with E-state index >= 15 is 0 Å². The summed E-state index contributed by atoms with van der Waals surface area (Å²) in [6.45, 7) is 5.23. The first kappa shape index (κ1) is 10.2. The molecule has 2 rings (SSSR count). The maximum Gasteiger partial charge on any atom is 0.101 e. The van der Waals surface area contributed by atoms with Crippen molar-refractivity contribution in [1.82, 2.24) is 0 Å². The van der Waals surface area contributed by atoms with Gasteiger partial charge in [0.05, 0.1) is 0 Å². The Morgan fingerprint density at radius 3 is 2.40 bits per heavy atom. The van der Waals surface area contributed by atoms with Crippen LogP contribution < -0.4 is 5.32 Å². The van der Waals surface area contributed by atoms with E-state index in [0.717, 1.165) is 18.8 Å². The molecule has 1 N–H and O–H groups in total. The fraction of sp³-hybridized carbons (Fsp3) is 0.462. The number of hydrogen-bond acceptors (Lipinski definition) is 2. The van der Waals surface area contributed by atoms with E-state index in [1.165, 1.54) is 29.7 Å². The van der Waals surface area contributed by atoms with E-state index in [-0.39, 0.29) is 0 Å². The average molecular weight is 202 g/mol. The standard InChI is InChI=1S/C13H18N2/c1-10-7-11(2)9-12(8-10)15-13-5-3-4-6-14-13/h7-9H,3-6H2,1-2H3,(H,14,15). The molecule has 2 heteroatoms. The lowest BCUT2D eigenvalue weighted by Gasteiger charge is -2.14. The van der Waals surface area contributed by atoms with Gasteiger partial charge in [0.15, 0.2) is 0 Å². The number of nitrogens with one attached hydrogen (secondary N) is 1. The molecule has 1 aliphatic rings. The van der Waals surface area contributed by atoms with Crippen molar-refractivity contribution in [3.8, 4) is 0 Å². The molecular weight excluding hydrogens is 184 g/mol. The Labute approximate surface area is 91.4 Å². The Balaban J connectivity index is 2.12. The summed E-state index contributed by atoms with van der Waals surface area (Å²) in [6, 6.07) is 6.53. The molecule has 15 heavy (non-hydrogen) atoms. The highest BCUT2D eigenvalue weighted by molar-refractivity contribution is 5.95. The van der Waals surface area contributed by atoms with Crippen LogP contribution in [0.3, 0.4) is 0 Å². The molecule has 0 bridgehead atoms. The van der Waals surface area contributed by atoms with Crippen molar-refractivity contribution in [3.05, 3.63) is 29.3 Å². The summed E-state index contributed by atoms with van der Waals surface area (Å²) in [4.78, 5) is 4.49. The van der Waals surface area contributed by atoms with Crippen molar-refractivity contribution >= 4 is 11.5 Å². The van der Waals surface area contributed by atoms with Gasteiger partial charge in [-0.1, -0.05) is 6.07 Å². The van der Waals surface area contributed by atoms with Crippen molar-refractivity contribution < 1.29 is 0 Å². The van der Waals surface area contributed by atoms with Crippen molar-refractivity contribution in [2.45, 2.75) is 33.1 Å². The van der Waals surface area contributed by atoms with Crippen LogP contribution in [0.15, 0.2) is 23.2 Å². The van der Waals surface area contributed by atoms with E-state index in [2.05, 4.69) is 42.4 Å². The fourth-order valence-electron chi connectivity index (χ4n) is 2.01. The summed E-state index contributed by atoms with van der Waals surface area (Å²) >= 11 is 0. The van der Waals surface area contributed by atoms with Crippen LogP contribution >= 0.6 is 0 Å². The van der Waals surface area contributed by atoms with Crippen LogP contribution in [0.1, 0.15) is 30.4 Å². The van der Waals surface area contributed by atoms with Gasteiger partial charge < -0.3 is 5.32 Å². The topological polar surface area (TPSA) is 24.4 Å². The predicted octanol–water partition coefficient (Wildman–Crippen LogP) is 3.30. The smallest absolute Gasteiger partial charge is 0.101 e. The quantitative estimate of drug-likeness (QED) is 0.742. The highest BCUT2D eigenvalue weighted by Gasteiger charge is 2.05. The minimum atomic E-state index is 0.979. The molecule has 0 fully saturated rings. The molecule has 0 saturated carbocycles. The van der Waals surface area contributed by atoms with Gasteiger partial charge in [0, 0.05) is 18.7 Å². The van der Waals surface area contributed by atoms with Crippen molar-refractivity contribution in [2.24, 2.45) is 4.99 Å². The molecule has 0 amide bonds. The minimum Gasteiger partial charge on any atom is -0.344 e. The number of benzene rings is 1. The Morgan fingerprint density at radius 2 is 1.80 bits per heavy atom. The van der Waals surface area contributed by atoms with Gasteiger partial charge in [-0.15, -0.1) is 0 Å². The van der Waals surface area contributed by atoms with Gasteiger partial charge in [-0.05, 0) is 49.9 Å². The van der Waals surface area contributed by atoms with Gasteiger partial charge in [-0.2, -0.15) is 0 Å². The summed E-state index contributed by atoms with van der Waals surface area (Å²) in [5.41, 5.74) is 3.77. The molecule has 0 saturated heterocycles. The average Bonchev–Trinajstić information content (AvgIpc) is 2.17. The highest BCUT2D eigenvalue weighted by Crippen LogP contribution is 2.15. The molecule has 0 aliphatic carbocycles. The first-order valence-corrected chi connectivity index (χ1v) is 5.63. The van der Waals surface area contributed by atoms with Crippen LogP contribution in [-0.2, 0) is 0 Å². The van der Waals surface area contributed by atoms with Crippen LogP contribution in [0.5, 0.6) is 0 Å². The van der Waals surface area contributed by atoms with E-state index in [0.29, 0.717) is 0 Å². The first-order valence-electron chi connectivity index (χ1n) is 5.63. The van der Waals surface area contributed by atoms with Crippen LogP contribution in [0.25, 0.3) is 0 Å². The maximum absolute atomic E-state index is 4.49. The van der Waals surface area contributed by atoms with Crippen LogP contribution in [0, 0.1) is 13.8 Å². The summed E-state index contributed by atoms with van der Waals surface area (Å²) in [6.07, 6.45) is 3.58. The third kappa shape index (κ3) is 2.82. The van der Waals surface area contributed by atoms with Gasteiger partial charge in [-0.3, -0.25) is 4.99 Å². The molecule has 0 radical (unpaired) electrons. The molecule has 0 unspecified atom stereocenters. The molecule has 1 aliphatic heterocycles. The Kier molecular flexibility index (Phi) is 3.05. The van der Waals surface area contributed by atoms with Gasteiger partial charge in [-0.25, -0.2) is 0 Å². The number of rotatable bonds is 1. The first-order chi connectivity index (χ1) is 7.24. The lowest BCUT2D eigenvalue weighted by molar-refractivity contribution is 0.737. The third-order valence-corrected chi connectivity index (χ3v) is 2.63. The van der Waals surface area contributed by atoms with Gasteiger partial charge in [0.2, 0.25) is 0 Å². The molecular formula is C13H18N2. The zero-order valence-corrected chi connectivity index (χ0v) is 9.51. The van der Waals surface area contributed by atoms with E-state index in [1.54, 1.807) is 0 Å². The Hall–Kier alpha value is -1.31. The van der Waals surface area contributed by atoms with Gasteiger partial charge in [0.1, 0.15) is 5.84 Å². The SMILES string of the molecule is Cc1cc(C)cc(NC2=NCCCC2)c1. The molecule has 0 aromatic heterocycles. The molecule has 80 valence electrons. The number of aliphatic imine (C=N–C) groups is 1. The second-order valence-electron chi connectivity index (χ2n) is 4.29. The number of aryl methyl sites for hydroxylation is 2. The van der Waals surface area contributed by atoms with Crippen LogP contribution in [-0.4, -0.2) is 12.4 Å². The predicted molar refractivity (Wildman–Crippen MR) is 65.7 cm³/mol. The molecule has 0 atom stereocenters. The lowest BCUT2D eigenvalue weighted by Crippen LogP contribution is -2.16. The zero-order chi connectivity index (χ0) is 10.7. The second kappa shape index (κ2) is 4.47. The molecule has 1 heterocycles. The van der Waals surface area contributed by atoms with Gasteiger partial charge in [0.25, 0.3) is 0 Å². The number of amidine groups is 1. The third-order valence-electron chi connectivity index (χ3n) is 2.63. The van der Waals surface area contributed by atoms with Crippen molar-refractivity contribution in [3.63, 3.8) is 0 Å². The molecule has 1 aromatic carbocycles. The molecule has 1 aromatic rings. The number of hydrogen-bond donors (Lipinski definition) is 1. The van der Waals surface area contributed by atoms with Gasteiger partial charge >= 0.3 is 0 Å².